The normalized spacial score (nSPS) is 14.5. The Labute approximate surface area is 131 Å². The molecule has 6 heteroatoms. The number of carbonyl (C=O) groups excluding carboxylic acids is 2. The zero-order valence-corrected chi connectivity index (χ0v) is 13.1. The van der Waals surface area contributed by atoms with Crippen molar-refractivity contribution in [2.45, 2.75) is 19.8 Å². The van der Waals surface area contributed by atoms with Crippen molar-refractivity contribution in [3.63, 3.8) is 0 Å². The van der Waals surface area contributed by atoms with E-state index in [2.05, 4.69) is 0 Å². The third-order valence-electron chi connectivity index (χ3n) is 3.74. The molecule has 0 saturated carbocycles. The summed E-state index contributed by atoms with van der Waals surface area (Å²) in [5.74, 6) is 0.214. The highest BCUT2D eigenvalue weighted by atomic mass is 35.5. The second-order valence-electron chi connectivity index (χ2n) is 5.09. The van der Waals surface area contributed by atoms with Gasteiger partial charge in [0.25, 0.3) is 0 Å². The smallest absolute Gasteiger partial charge is 0.223 e. The fourth-order valence-corrected chi connectivity index (χ4v) is 2.43. The summed E-state index contributed by atoms with van der Waals surface area (Å²) in [7, 11) is 0. The minimum absolute atomic E-state index is 0. The standard InChI is InChI=1S/C15H21N3O2.ClH/c1-12(19)17-8-10-18(11-9-17)15(20)7-6-13-4-2-3-5-14(13)16;/h2-5H,6-11,16H2,1H3;1H. The quantitative estimate of drug-likeness (QED) is 0.856. The molecule has 1 aromatic rings. The lowest BCUT2D eigenvalue weighted by Gasteiger charge is -2.34. The number of aryl methyl sites for hydroxylation is 1. The van der Waals surface area contributed by atoms with E-state index >= 15 is 0 Å². The average Bonchev–Trinajstić information content (AvgIpc) is 2.46. The van der Waals surface area contributed by atoms with Crippen molar-refractivity contribution < 1.29 is 9.59 Å². The van der Waals surface area contributed by atoms with E-state index in [-0.39, 0.29) is 24.2 Å². The van der Waals surface area contributed by atoms with Gasteiger partial charge in [0.05, 0.1) is 0 Å². The van der Waals surface area contributed by atoms with Gasteiger partial charge in [-0.25, -0.2) is 0 Å². The number of amides is 2. The lowest BCUT2D eigenvalue weighted by atomic mass is 10.1. The van der Waals surface area contributed by atoms with Gasteiger partial charge in [0.2, 0.25) is 11.8 Å². The van der Waals surface area contributed by atoms with Crippen LogP contribution in [0.2, 0.25) is 0 Å². The second-order valence-corrected chi connectivity index (χ2v) is 5.09. The summed E-state index contributed by atoms with van der Waals surface area (Å²) < 4.78 is 0. The number of halogens is 1. The number of nitrogens with zero attached hydrogens (tertiary/aromatic N) is 2. The van der Waals surface area contributed by atoms with Gasteiger partial charge in [-0.2, -0.15) is 0 Å². The molecule has 0 bridgehead atoms. The predicted octanol–water partition coefficient (Wildman–Crippen LogP) is 1.31. The van der Waals surface area contributed by atoms with Gasteiger partial charge in [-0.3, -0.25) is 9.59 Å². The largest absolute Gasteiger partial charge is 0.399 e. The van der Waals surface area contributed by atoms with Gasteiger partial charge < -0.3 is 15.5 Å². The molecular weight excluding hydrogens is 290 g/mol. The molecule has 2 N–H and O–H groups in total. The van der Waals surface area contributed by atoms with Crippen LogP contribution < -0.4 is 5.73 Å². The first-order valence-electron chi connectivity index (χ1n) is 6.94. The second kappa shape index (κ2) is 7.88. The van der Waals surface area contributed by atoms with Crippen LogP contribution in [0.3, 0.4) is 0 Å². The Hall–Kier alpha value is -1.75. The van der Waals surface area contributed by atoms with Gasteiger partial charge in [0.15, 0.2) is 0 Å². The van der Waals surface area contributed by atoms with E-state index in [1.165, 1.54) is 0 Å². The number of hydrogen-bond donors (Lipinski definition) is 1. The Morgan fingerprint density at radius 1 is 1.10 bits per heavy atom. The third kappa shape index (κ3) is 4.63. The number of hydrogen-bond acceptors (Lipinski definition) is 3. The molecule has 0 aromatic heterocycles. The number of rotatable bonds is 3. The van der Waals surface area contributed by atoms with Gasteiger partial charge in [-0.05, 0) is 18.1 Å². The maximum Gasteiger partial charge on any atom is 0.223 e. The van der Waals surface area contributed by atoms with Crippen LogP contribution in [0.25, 0.3) is 0 Å². The van der Waals surface area contributed by atoms with Crippen LogP contribution >= 0.6 is 12.4 Å². The lowest BCUT2D eigenvalue weighted by molar-refractivity contribution is -0.138. The fourth-order valence-electron chi connectivity index (χ4n) is 2.43. The Balaban J connectivity index is 0.00000220. The van der Waals surface area contributed by atoms with E-state index in [0.29, 0.717) is 39.0 Å². The highest BCUT2D eigenvalue weighted by molar-refractivity contribution is 5.85. The molecule has 1 aliphatic heterocycles. The summed E-state index contributed by atoms with van der Waals surface area (Å²) in [5, 5.41) is 0. The maximum atomic E-state index is 12.1. The summed E-state index contributed by atoms with van der Waals surface area (Å²) in [5.41, 5.74) is 7.62. The monoisotopic (exact) mass is 311 g/mol. The number of carbonyl (C=O) groups is 2. The van der Waals surface area contributed by atoms with Crippen LogP contribution in [0.1, 0.15) is 18.9 Å². The molecule has 116 valence electrons. The summed E-state index contributed by atoms with van der Waals surface area (Å²) in [6, 6.07) is 7.63. The molecule has 1 heterocycles. The van der Waals surface area contributed by atoms with Crippen LogP contribution in [0.5, 0.6) is 0 Å². The molecule has 2 amide bonds. The summed E-state index contributed by atoms with van der Waals surface area (Å²) in [6.07, 6.45) is 1.13. The van der Waals surface area contributed by atoms with E-state index in [1.807, 2.05) is 29.2 Å². The van der Waals surface area contributed by atoms with E-state index in [4.69, 9.17) is 5.73 Å². The van der Waals surface area contributed by atoms with Crippen molar-refractivity contribution in [1.82, 2.24) is 9.80 Å². The molecule has 0 spiro atoms. The Bertz CT molecular complexity index is 499. The molecule has 0 aliphatic carbocycles. The number of anilines is 1. The van der Waals surface area contributed by atoms with Gasteiger partial charge in [0.1, 0.15) is 0 Å². The third-order valence-corrected chi connectivity index (χ3v) is 3.74. The molecule has 21 heavy (non-hydrogen) atoms. The molecular formula is C15H22ClN3O2. The predicted molar refractivity (Wildman–Crippen MR) is 85.3 cm³/mol. The highest BCUT2D eigenvalue weighted by Gasteiger charge is 2.21. The molecule has 5 nitrogen and oxygen atoms in total. The zero-order chi connectivity index (χ0) is 14.5. The minimum atomic E-state index is 0. The molecule has 1 aromatic carbocycles. The van der Waals surface area contributed by atoms with E-state index in [1.54, 1.807) is 11.8 Å². The van der Waals surface area contributed by atoms with Crippen LogP contribution in [0.15, 0.2) is 24.3 Å². The number of para-hydroxylation sites is 1. The Morgan fingerprint density at radius 2 is 1.67 bits per heavy atom. The molecule has 0 atom stereocenters. The first-order chi connectivity index (χ1) is 9.58. The van der Waals surface area contributed by atoms with Crippen LogP contribution in [0.4, 0.5) is 5.69 Å². The SMILES string of the molecule is CC(=O)N1CCN(C(=O)CCc2ccccc2N)CC1.Cl. The average molecular weight is 312 g/mol. The lowest BCUT2D eigenvalue weighted by Crippen LogP contribution is -2.50. The Kier molecular flexibility index (Phi) is 6.49. The molecule has 0 unspecified atom stereocenters. The van der Waals surface area contributed by atoms with Gasteiger partial charge in [-0.15, -0.1) is 12.4 Å². The van der Waals surface area contributed by atoms with Crippen LogP contribution in [-0.4, -0.2) is 47.8 Å². The van der Waals surface area contributed by atoms with Crippen LogP contribution in [0, 0.1) is 0 Å². The molecule has 1 fully saturated rings. The molecule has 0 radical (unpaired) electrons. The van der Waals surface area contributed by atoms with E-state index in [0.717, 1.165) is 11.3 Å². The topological polar surface area (TPSA) is 66.6 Å². The van der Waals surface area contributed by atoms with Gasteiger partial charge in [-0.1, -0.05) is 18.2 Å². The first kappa shape index (κ1) is 17.3. The van der Waals surface area contributed by atoms with Crippen LogP contribution in [-0.2, 0) is 16.0 Å². The van der Waals surface area contributed by atoms with Crippen molar-refractivity contribution in [2.24, 2.45) is 0 Å². The summed E-state index contributed by atoms with van der Waals surface area (Å²) in [4.78, 5) is 27.0. The van der Waals surface area contributed by atoms with Crippen molar-refractivity contribution in [3.05, 3.63) is 29.8 Å². The summed E-state index contributed by atoms with van der Waals surface area (Å²) >= 11 is 0. The van der Waals surface area contributed by atoms with Crippen molar-refractivity contribution >= 4 is 29.9 Å². The number of piperazine rings is 1. The van der Waals surface area contributed by atoms with E-state index < -0.39 is 0 Å². The molecule has 1 aliphatic rings. The fraction of sp³-hybridized carbons (Fsp3) is 0.467. The summed E-state index contributed by atoms with van der Waals surface area (Å²) in [6.45, 7) is 4.09. The molecule has 2 rings (SSSR count). The Morgan fingerprint density at radius 3 is 2.24 bits per heavy atom. The first-order valence-corrected chi connectivity index (χ1v) is 6.94. The van der Waals surface area contributed by atoms with Gasteiger partial charge in [0, 0.05) is 45.2 Å². The number of nitrogen functional groups attached to an aromatic ring is 1. The van der Waals surface area contributed by atoms with Crippen molar-refractivity contribution in [2.75, 3.05) is 31.9 Å². The zero-order valence-electron chi connectivity index (χ0n) is 12.2. The number of benzene rings is 1. The number of nitrogens with two attached hydrogens (primary N) is 1. The van der Waals surface area contributed by atoms with Crippen molar-refractivity contribution in [1.29, 1.82) is 0 Å². The highest BCUT2D eigenvalue weighted by Crippen LogP contribution is 2.14. The molecule has 1 saturated heterocycles. The van der Waals surface area contributed by atoms with Crippen molar-refractivity contribution in [3.8, 4) is 0 Å². The maximum absolute atomic E-state index is 12.1. The minimum Gasteiger partial charge on any atom is -0.399 e. The van der Waals surface area contributed by atoms with E-state index in [9.17, 15) is 9.59 Å². The van der Waals surface area contributed by atoms with Gasteiger partial charge >= 0.3 is 0 Å².